The van der Waals surface area contributed by atoms with Gasteiger partial charge in [0.15, 0.2) is 5.82 Å². The first-order valence-electron chi connectivity index (χ1n) is 11.4. The normalized spacial score (nSPS) is 19.1. The Labute approximate surface area is 183 Å². The average molecular weight is 423 g/mol. The van der Waals surface area contributed by atoms with Crippen LogP contribution in [0.25, 0.3) is 10.9 Å². The highest BCUT2D eigenvalue weighted by molar-refractivity contribution is 5.85. The average Bonchev–Trinajstić information content (AvgIpc) is 3.22. The molecular weight excluding hydrogens is 388 g/mol. The van der Waals surface area contributed by atoms with Crippen molar-refractivity contribution in [2.75, 3.05) is 13.1 Å². The third kappa shape index (κ3) is 3.91. The van der Waals surface area contributed by atoms with E-state index in [2.05, 4.69) is 78.2 Å². The molecule has 1 aliphatic rings. The zero-order valence-corrected chi connectivity index (χ0v) is 19.6. The molecule has 0 bridgehead atoms. The van der Waals surface area contributed by atoms with Gasteiger partial charge in [0.05, 0.1) is 11.1 Å². The molecule has 1 fully saturated rings. The largest absolute Gasteiger partial charge is 0.321 e. The summed E-state index contributed by atoms with van der Waals surface area (Å²) >= 11 is 0. The maximum absolute atomic E-state index is 13.4. The summed E-state index contributed by atoms with van der Waals surface area (Å²) in [4.78, 5) is 19.0. The van der Waals surface area contributed by atoms with Gasteiger partial charge in [0.25, 0.3) is 5.56 Å². The number of fused-ring (bicyclic) bond motifs is 1. The fourth-order valence-electron chi connectivity index (χ4n) is 4.70. The summed E-state index contributed by atoms with van der Waals surface area (Å²) in [6.45, 7) is 14.7. The first-order valence-corrected chi connectivity index (χ1v) is 11.4. The minimum Gasteiger partial charge on any atom is -0.321 e. The van der Waals surface area contributed by atoms with Gasteiger partial charge in [0.1, 0.15) is 6.04 Å². The molecule has 3 aromatic rings. The fourth-order valence-corrected chi connectivity index (χ4v) is 4.70. The number of tetrazole rings is 1. The lowest BCUT2D eigenvalue weighted by Gasteiger charge is -2.37. The van der Waals surface area contributed by atoms with E-state index in [4.69, 9.17) is 0 Å². The zero-order valence-electron chi connectivity index (χ0n) is 19.6. The van der Waals surface area contributed by atoms with Crippen LogP contribution in [-0.4, -0.2) is 43.2 Å². The van der Waals surface area contributed by atoms with Crippen LogP contribution < -0.4 is 5.56 Å². The number of likely N-dealkylation sites (tertiary alicyclic amines) is 1. The summed E-state index contributed by atoms with van der Waals surface area (Å²) < 4.78 is 1.92. The van der Waals surface area contributed by atoms with Crippen LogP contribution in [-0.2, 0) is 5.54 Å². The van der Waals surface area contributed by atoms with Gasteiger partial charge >= 0.3 is 0 Å². The number of H-pyrrole nitrogens is 1. The second-order valence-electron chi connectivity index (χ2n) is 9.80. The molecule has 0 unspecified atom stereocenters. The molecule has 3 heterocycles. The van der Waals surface area contributed by atoms with Crippen LogP contribution >= 0.6 is 0 Å². The van der Waals surface area contributed by atoms with Gasteiger partial charge < -0.3 is 4.98 Å². The summed E-state index contributed by atoms with van der Waals surface area (Å²) in [6, 6.07) is 5.96. The number of hydrogen-bond donors (Lipinski definition) is 1. The van der Waals surface area contributed by atoms with E-state index in [0.717, 1.165) is 59.3 Å². The van der Waals surface area contributed by atoms with Crippen LogP contribution in [0.2, 0.25) is 0 Å². The van der Waals surface area contributed by atoms with Gasteiger partial charge in [-0.3, -0.25) is 9.69 Å². The van der Waals surface area contributed by atoms with Gasteiger partial charge in [0, 0.05) is 17.5 Å². The van der Waals surface area contributed by atoms with E-state index in [1.165, 1.54) is 6.42 Å². The molecule has 0 radical (unpaired) electrons. The fraction of sp³-hybridized carbons (Fsp3) is 0.583. The number of aryl methyl sites for hydroxylation is 2. The molecule has 0 aliphatic carbocycles. The third-order valence-electron chi connectivity index (χ3n) is 7.00. The van der Waals surface area contributed by atoms with Crippen molar-refractivity contribution in [3.05, 3.63) is 51.1 Å². The lowest BCUT2D eigenvalue weighted by atomic mass is 9.94. The predicted octanol–water partition coefficient (Wildman–Crippen LogP) is 4.10. The van der Waals surface area contributed by atoms with E-state index in [0.29, 0.717) is 5.92 Å². The molecule has 1 N–H and O–H groups in total. The second kappa shape index (κ2) is 8.19. The lowest BCUT2D eigenvalue weighted by molar-refractivity contribution is 0.135. The maximum atomic E-state index is 13.4. The quantitative estimate of drug-likeness (QED) is 0.670. The first-order chi connectivity index (χ1) is 14.7. The Morgan fingerprint density at radius 3 is 2.71 bits per heavy atom. The van der Waals surface area contributed by atoms with Crippen molar-refractivity contribution in [1.82, 2.24) is 30.1 Å². The number of rotatable bonds is 5. The minimum atomic E-state index is -0.281. The predicted molar refractivity (Wildman–Crippen MR) is 123 cm³/mol. The van der Waals surface area contributed by atoms with Gasteiger partial charge in [-0.2, -0.15) is 0 Å². The van der Waals surface area contributed by atoms with Crippen LogP contribution in [0.4, 0.5) is 0 Å². The van der Waals surface area contributed by atoms with Crippen LogP contribution in [0.3, 0.4) is 0 Å². The Bertz CT molecular complexity index is 1140. The van der Waals surface area contributed by atoms with Crippen molar-refractivity contribution < 1.29 is 0 Å². The second-order valence-corrected chi connectivity index (χ2v) is 9.80. The molecule has 0 amide bonds. The third-order valence-corrected chi connectivity index (χ3v) is 7.00. The van der Waals surface area contributed by atoms with E-state index < -0.39 is 0 Å². The standard InChI is InChI=1S/C24H34N6O/c1-7-24(5,6)30-22(26-27-28-30)21(29-12-8-9-15(2)14-29)19-13-18-16(3)10-11-17(4)20(18)25-23(19)31/h10-11,13,15,21H,7-9,12,14H2,1-6H3,(H,25,31)/t15-,21+/m0/s1. The molecule has 0 saturated carbocycles. The van der Waals surface area contributed by atoms with Gasteiger partial charge in [-0.1, -0.05) is 26.0 Å². The summed E-state index contributed by atoms with van der Waals surface area (Å²) in [6.07, 6.45) is 3.21. The highest BCUT2D eigenvalue weighted by atomic mass is 16.1. The van der Waals surface area contributed by atoms with Crippen molar-refractivity contribution in [3.8, 4) is 0 Å². The van der Waals surface area contributed by atoms with Crippen molar-refractivity contribution >= 4 is 10.9 Å². The van der Waals surface area contributed by atoms with Crippen LogP contribution in [0.5, 0.6) is 0 Å². The molecule has 166 valence electrons. The zero-order chi connectivity index (χ0) is 22.3. The van der Waals surface area contributed by atoms with Crippen LogP contribution in [0.1, 0.15) is 75.5 Å². The SMILES string of the molecule is CCC(C)(C)n1nnnc1[C@@H](c1cc2c(C)ccc(C)c2[nH]c1=O)N1CCC[C@H](C)C1. The number of nitrogens with zero attached hydrogens (tertiary/aromatic N) is 5. The van der Waals surface area contributed by atoms with Crippen molar-refractivity contribution in [2.45, 2.75) is 72.4 Å². The number of aromatic nitrogens is 5. The number of benzene rings is 1. The maximum Gasteiger partial charge on any atom is 0.253 e. The summed E-state index contributed by atoms with van der Waals surface area (Å²) in [7, 11) is 0. The van der Waals surface area contributed by atoms with Gasteiger partial charge in [0.2, 0.25) is 0 Å². The molecule has 1 aliphatic heterocycles. The van der Waals surface area contributed by atoms with E-state index in [1.54, 1.807) is 0 Å². The molecule has 2 atom stereocenters. The highest BCUT2D eigenvalue weighted by Gasteiger charge is 2.35. The number of pyridine rings is 1. The Kier molecular flexibility index (Phi) is 5.73. The van der Waals surface area contributed by atoms with Gasteiger partial charge in [-0.15, -0.1) is 5.10 Å². The lowest BCUT2D eigenvalue weighted by Crippen LogP contribution is -2.42. The molecule has 1 saturated heterocycles. The minimum absolute atomic E-state index is 0.0618. The van der Waals surface area contributed by atoms with Crippen molar-refractivity contribution in [1.29, 1.82) is 0 Å². The smallest absolute Gasteiger partial charge is 0.253 e. The Morgan fingerprint density at radius 1 is 1.26 bits per heavy atom. The van der Waals surface area contributed by atoms with Crippen LogP contribution in [0, 0.1) is 19.8 Å². The van der Waals surface area contributed by atoms with Gasteiger partial charge in [-0.25, -0.2) is 4.68 Å². The number of piperidine rings is 1. The molecular formula is C24H34N6O. The van der Waals surface area contributed by atoms with Gasteiger partial charge in [-0.05, 0) is 87.0 Å². The first kappa shape index (κ1) is 21.7. The number of hydrogen-bond acceptors (Lipinski definition) is 5. The van der Waals surface area contributed by atoms with Crippen molar-refractivity contribution in [3.63, 3.8) is 0 Å². The molecule has 2 aromatic heterocycles. The van der Waals surface area contributed by atoms with E-state index >= 15 is 0 Å². The Hall–Kier alpha value is -2.54. The molecule has 1 aromatic carbocycles. The number of aromatic amines is 1. The topological polar surface area (TPSA) is 79.7 Å². The van der Waals surface area contributed by atoms with E-state index in [1.807, 2.05) is 11.6 Å². The Morgan fingerprint density at radius 2 is 2.00 bits per heavy atom. The Balaban J connectivity index is 1.95. The molecule has 4 rings (SSSR count). The van der Waals surface area contributed by atoms with E-state index in [9.17, 15) is 4.79 Å². The molecule has 31 heavy (non-hydrogen) atoms. The summed E-state index contributed by atoms with van der Waals surface area (Å²) in [5.74, 6) is 1.32. The monoisotopic (exact) mass is 422 g/mol. The van der Waals surface area contributed by atoms with Crippen LogP contribution in [0.15, 0.2) is 23.0 Å². The summed E-state index contributed by atoms with van der Waals surface area (Å²) in [5.41, 5.74) is 3.55. The van der Waals surface area contributed by atoms with E-state index in [-0.39, 0.29) is 17.1 Å². The summed E-state index contributed by atoms with van der Waals surface area (Å²) in [5, 5.41) is 14.0. The molecule has 7 nitrogen and oxygen atoms in total. The molecule has 0 spiro atoms. The number of nitrogens with one attached hydrogen (secondary N) is 1. The highest BCUT2D eigenvalue weighted by Crippen LogP contribution is 2.33. The molecule has 7 heteroatoms. The van der Waals surface area contributed by atoms with Crippen molar-refractivity contribution in [2.24, 2.45) is 5.92 Å².